The normalized spacial score (nSPS) is 10.6. The average Bonchev–Trinajstić information content (AvgIpc) is 2.78. The lowest BCUT2D eigenvalue weighted by Crippen LogP contribution is -2.00. The number of aliphatic hydroxyl groups excluding tert-OH is 1. The molecule has 0 saturated carbocycles. The summed E-state index contributed by atoms with van der Waals surface area (Å²) < 4.78 is 1.86. The van der Waals surface area contributed by atoms with Crippen LogP contribution in [0, 0.1) is 0 Å². The summed E-state index contributed by atoms with van der Waals surface area (Å²) in [5.41, 5.74) is 0.865. The van der Waals surface area contributed by atoms with Crippen LogP contribution in [0.2, 0.25) is 0 Å². The maximum absolute atomic E-state index is 8.90. The molecule has 3 nitrogen and oxygen atoms in total. The zero-order valence-corrected chi connectivity index (χ0v) is 9.73. The topological polar surface area (TPSA) is 38.1 Å². The van der Waals surface area contributed by atoms with Crippen LogP contribution in [0.1, 0.15) is 5.56 Å². The number of nitrogens with zero attached hydrogens (tertiary/aromatic N) is 2. The summed E-state index contributed by atoms with van der Waals surface area (Å²) in [6, 6.07) is 10.3. The SMILES string of the molecule is OCc1cnn(CCSc2ccccc2)c1. The second-order valence-corrected chi connectivity index (χ2v) is 4.60. The average molecular weight is 234 g/mol. The molecule has 2 aromatic rings. The minimum Gasteiger partial charge on any atom is -0.392 e. The summed E-state index contributed by atoms with van der Waals surface area (Å²) >= 11 is 1.81. The third kappa shape index (κ3) is 3.12. The van der Waals surface area contributed by atoms with Crippen LogP contribution in [0.15, 0.2) is 47.6 Å². The van der Waals surface area contributed by atoms with Crippen LogP contribution in [0.5, 0.6) is 0 Å². The van der Waals surface area contributed by atoms with E-state index in [9.17, 15) is 0 Å². The third-order valence-electron chi connectivity index (χ3n) is 2.20. The number of rotatable bonds is 5. The van der Waals surface area contributed by atoms with Gasteiger partial charge in [-0.1, -0.05) is 18.2 Å². The molecule has 0 aliphatic heterocycles. The minimum atomic E-state index is 0.0613. The molecule has 1 N–H and O–H groups in total. The summed E-state index contributed by atoms with van der Waals surface area (Å²) in [6.45, 7) is 0.922. The lowest BCUT2D eigenvalue weighted by molar-refractivity contribution is 0.281. The van der Waals surface area contributed by atoms with Crippen LogP contribution >= 0.6 is 11.8 Å². The number of aryl methyl sites for hydroxylation is 1. The molecule has 0 fully saturated rings. The zero-order valence-electron chi connectivity index (χ0n) is 8.91. The van der Waals surface area contributed by atoms with E-state index in [1.807, 2.05) is 40.8 Å². The first kappa shape index (κ1) is 11.2. The van der Waals surface area contributed by atoms with Crippen molar-refractivity contribution in [1.29, 1.82) is 0 Å². The highest BCUT2D eigenvalue weighted by Crippen LogP contribution is 2.16. The Morgan fingerprint density at radius 2 is 2.06 bits per heavy atom. The maximum atomic E-state index is 8.90. The first-order valence-electron chi connectivity index (χ1n) is 5.18. The van der Waals surface area contributed by atoms with E-state index in [0.717, 1.165) is 17.9 Å². The molecule has 0 unspecified atom stereocenters. The van der Waals surface area contributed by atoms with Crippen molar-refractivity contribution in [2.24, 2.45) is 0 Å². The first-order valence-corrected chi connectivity index (χ1v) is 6.17. The van der Waals surface area contributed by atoms with Crippen molar-refractivity contribution in [2.75, 3.05) is 5.75 Å². The summed E-state index contributed by atoms with van der Waals surface area (Å²) in [5.74, 6) is 0.983. The smallest absolute Gasteiger partial charge is 0.0712 e. The molecule has 1 heterocycles. The van der Waals surface area contributed by atoms with Gasteiger partial charge < -0.3 is 5.11 Å². The van der Waals surface area contributed by atoms with Crippen molar-refractivity contribution in [3.05, 3.63) is 48.3 Å². The Morgan fingerprint density at radius 3 is 2.75 bits per heavy atom. The number of hydrogen-bond acceptors (Lipinski definition) is 3. The van der Waals surface area contributed by atoms with Gasteiger partial charge in [0.05, 0.1) is 19.3 Å². The van der Waals surface area contributed by atoms with Crippen LogP contribution in [0.4, 0.5) is 0 Å². The second-order valence-electron chi connectivity index (χ2n) is 3.43. The van der Waals surface area contributed by atoms with Gasteiger partial charge in [-0.3, -0.25) is 4.68 Å². The highest BCUT2D eigenvalue weighted by molar-refractivity contribution is 7.99. The van der Waals surface area contributed by atoms with Gasteiger partial charge in [0.15, 0.2) is 0 Å². The standard InChI is InChI=1S/C12H14N2OS/c15-10-11-8-13-14(9-11)6-7-16-12-4-2-1-3-5-12/h1-5,8-9,15H,6-7,10H2. The molecule has 0 aliphatic carbocycles. The molecule has 0 radical (unpaired) electrons. The number of aromatic nitrogens is 2. The Kier molecular flexibility index (Phi) is 4.02. The van der Waals surface area contributed by atoms with E-state index < -0.39 is 0 Å². The molecular formula is C12H14N2OS. The molecule has 1 aromatic carbocycles. The van der Waals surface area contributed by atoms with Gasteiger partial charge in [-0.25, -0.2) is 0 Å². The molecular weight excluding hydrogens is 220 g/mol. The van der Waals surface area contributed by atoms with Crippen molar-refractivity contribution in [1.82, 2.24) is 9.78 Å². The Hall–Kier alpha value is -1.26. The van der Waals surface area contributed by atoms with Gasteiger partial charge in [0.1, 0.15) is 0 Å². The fourth-order valence-corrected chi connectivity index (χ4v) is 2.25. The highest BCUT2D eigenvalue weighted by atomic mass is 32.2. The monoisotopic (exact) mass is 234 g/mol. The minimum absolute atomic E-state index is 0.0613. The quantitative estimate of drug-likeness (QED) is 0.806. The van der Waals surface area contributed by atoms with Crippen molar-refractivity contribution in [3.8, 4) is 0 Å². The summed E-state index contributed by atoms with van der Waals surface area (Å²) in [7, 11) is 0. The van der Waals surface area contributed by atoms with E-state index >= 15 is 0 Å². The molecule has 16 heavy (non-hydrogen) atoms. The van der Waals surface area contributed by atoms with Gasteiger partial charge in [-0.15, -0.1) is 11.8 Å². The number of benzene rings is 1. The van der Waals surface area contributed by atoms with E-state index in [4.69, 9.17) is 5.11 Å². The van der Waals surface area contributed by atoms with Gasteiger partial charge in [-0.2, -0.15) is 5.10 Å². The zero-order chi connectivity index (χ0) is 11.2. The molecule has 0 aliphatic rings. The maximum Gasteiger partial charge on any atom is 0.0712 e. The lowest BCUT2D eigenvalue weighted by atomic mass is 10.4. The van der Waals surface area contributed by atoms with Gasteiger partial charge in [0.2, 0.25) is 0 Å². The predicted octanol–water partition coefficient (Wildman–Crippen LogP) is 2.17. The van der Waals surface area contributed by atoms with E-state index in [1.165, 1.54) is 4.90 Å². The number of thioether (sulfide) groups is 1. The van der Waals surface area contributed by atoms with Crippen molar-refractivity contribution < 1.29 is 5.11 Å². The molecule has 84 valence electrons. The number of hydrogen-bond donors (Lipinski definition) is 1. The molecule has 0 atom stereocenters. The van der Waals surface area contributed by atoms with Crippen LogP contribution in [-0.4, -0.2) is 20.6 Å². The van der Waals surface area contributed by atoms with Gasteiger partial charge in [0.25, 0.3) is 0 Å². The predicted molar refractivity (Wildman–Crippen MR) is 65.3 cm³/mol. The van der Waals surface area contributed by atoms with E-state index in [1.54, 1.807) is 6.20 Å². The van der Waals surface area contributed by atoms with Gasteiger partial charge in [-0.05, 0) is 12.1 Å². The lowest BCUT2D eigenvalue weighted by Gasteiger charge is -2.01. The van der Waals surface area contributed by atoms with Crippen LogP contribution in [0.3, 0.4) is 0 Å². The van der Waals surface area contributed by atoms with E-state index in [2.05, 4.69) is 17.2 Å². The molecule has 4 heteroatoms. The summed E-state index contributed by atoms with van der Waals surface area (Å²) in [6.07, 6.45) is 3.58. The van der Waals surface area contributed by atoms with E-state index in [-0.39, 0.29) is 6.61 Å². The van der Waals surface area contributed by atoms with Crippen LogP contribution < -0.4 is 0 Å². The molecule has 0 spiro atoms. The second kappa shape index (κ2) is 5.72. The van der Waals surface area contributed by atoms with Gasteiger partial charge in [0, 0.05) is 22.4 Å². The highest BCUT2D eigenvalue weighted by Gasteiger charge is 1.97. The first-order chi connectivity index (χ1) is 7.88. The molecule has 0 amide bonds. The summed E-state index contributed by atoms with van der Waals surface area (Å²) in [4.78, 5) is 1.28. The van der Waals surface area contributed by atoms with Crippen molar-refractivity contribution in [2.45, 2.75) is 18.0 Å². The Bertz CT molecular complexity index is 428. The number of aliphatic hydroxyl groups is 1. The largest absolute Gasteiger partial charge is 0.392 e. The Morgan fingerprint density at radius 1 is 1.25 bits per heavy atom. The van der Waals surface area contributed by atoms with Crippen LogP contribution in [-0.2, 0) is 13.2 Å². The molecule has 0 bridgehead atoms. The van der Waals surface area contributed by atoms with Crippen molar-refractivity contribution in [3.63, 3.8) is 0 Å². The van der Waals surface area contributed by atoms with Gasteiger partial charge >= 0.3 is 0 Å². The third-order valence-corrected chi connectivity index (χ3v) is 3.19. The molecule has 1 aromatic heterocycles. The fraction of sp³-hybridized carbons (Fsp3) is 0.250. The Labute approximate surface area is 99.1 Å². The summed E-state index contributed by atoms with van der Waals surface area (Å²) in [5, 5.41) is 13.1. The van der Waals surface area contributed by atoms with Crippen molar-refractivity contribution >= 4 is 11.8 Å². The van der Waals surface area contributed by atoms with E-state index in [0.29, 0.717) is 0 Å². The molecule has 2 rings (SSSR count). The fourth-order valence-electron chi connectivity index (χ4n) is 1.38. The Balaban J connectivity index is 1.80. The molecule has 0 saturated heterocycles. The van der Waals surface area contributed by atoms with Crippen LogP contribution in [0.25, 0.3) is 0 Å².